The van der Waals surface area contributed by atoms with Gasteiger partial charge < -0.3 is 14.2 Å². The molecule has 2 fully saturated rings. The van der Waals surface area contributed by atoms with Crippen molar-refractivity contribution in [3.05, 3.63) is 66.0 Å². The molecule has 0 bridgehead atoms. The Hall–Kier alpha value is -2.66. The Balaban J connectivity index is 1.44. The number of benzene rings is 2. The van der Waals surface area contributed by atoms with Crippen molar-refractivity contribution < 1.29 is 9.53 Å². The first-order chi connectivity index (χ1) is 14.2. The predicted molar refractivity (Wildman–Crippen MR) is 113 cm³/mol. The molecule has 1 atom stereocenters. The maximum absolute atomic E-state index is 13.8. The van der Waals surface area contributed by atoms with E-state index in [1.807, 2.05) is 24.3 Å². The summed E-state index contributed by atoms with van der Waals surface area (Å²) in [6.07, 6.45) is 2.47. The van der Waals surface area contributed by atoms with Gasteiger partial charge in [-0.15, -0.1) is 0 Å². The summed E-state index contributed by atoms with van der Waals surface area (Å²) in [7, 11) is 0. The number of fused-ring (bicyclic) bond motifs is 1. The fourth-order valence-electron chi connectivity index (χ4n) is 5.17. The van der Waals surface area contributed by atoms with Crippen LogP contribution in [0, 0.1) is 6.92 Å². The number of aromatic nitrogens is 2. The van der Waals surface area contributed by atoms with Crippen LogP contribution in [0.2, 0.25) is 0 Å². The first-order valence-electron chi connectivity index (χ1n) is 10.6. The van der Waals surface area contributed by atoms with Crippen LogP contribution in [0.3, 0.4) is 0 Å². The Morgan fingerprint density at radius 1 is 1.07 bits per heavy atom. The summed E-state index contributed by atoms with van der Waals surface area (Å²) in [5.41, 5.74) is 2.86. The number of carbonyl (C=O) groups excluding carboxylic acids is 1. The molecule has 2 aliphatic heterocycles. The number of nitrogens with zero attached hydrogens (tertiary/aromatic N) is 3. The summed E-state index contributed by atoms with van der Waals surface area (Å²) in [4.78, 5) is 20.6. The number of para-hydroxylation sites is 2. The predicted octanol–water partition coefficient (Wildman–Crippen LogP) is 3.87. The van der Waals surface area contributed by atoms with Gasteiger partial charge in [0.05, 0.1) is 22.5 Å². The topological polar surface area (TPSA) is 47.4 Å². The third-order valence-corrected chi connectivity index (χ3v) is 6.67. The minimum atomic E-state index is -0.458. The number of ether oxygens (including phenoxy) is 1. The second-order valence-electron chi connectivity index (χ2n) is 8.27. The van der Waals surface area contributed by atoms with E-state index in [0.29, 0.717) is 13.2 Å². The molecule has 5 rings (SSSR count). The van der Waals surface area contributed by atoms with Crippen LogP contribution in [-0.2, 0) is 14.9 Å². The van der Waals surface area contributed by atoms with E-state index in [0.717, 1.165) is 54.8 Å². The second-order valence-corrected chi connectivity index (χ2v) is 8.27. The molecule has 0 radical (unpaired) electrons. The minimum Gasteiger partial charge on any atom is -0.381 e. The number of imidazole rings is 1. The van der Waals surface area contributed by atoms with E-state index in [9.17, 15) is 4.79 Å². The summed E-state index contributed by atoms with van der Waals surface area (Å²) in [5, 5.41) is 0. The highest BCUT2D eigenvalue weighted by Crippen LogP contribution is 2.39. The summed E-state index contributed by atoms with van der Waals surface area (Å²) >= 11 is 0. The molecule has 0 N–H and O–H groups in total. The molecule has 0 saturated carbocycles. The zero-order valence-corrected chi connectivity index (χ0v) is 16.9. The number of hydrogen-bond acceptors (Lipinski definition) is 3. The molecule has 2 aliphatic rings. The Labute approximate surface area is 171 Å². The molecule has 3 aromatic rings. The van der Waals surface area contributed by atoms with Crippen LogP contribution in [0.5, 0.6) is 0 Å². The van der Waals surface area contributed by atoms with Gasteiger partial charge in [0, 0.05) is 26.3 Å². The number of likely N-dealkylation sites (tertiary alicyclic amines) is 1. The molecule has 150 valence electrons. The standard InChI is InChI=1S/C24H27N3O2/c1-18-25-21-9-5-6-10-22(21)27(18)20-11-14-26(17-20)23(28)24(12-15-29-16-13-24)19-7-3-2-4-8-19/h2-10,20H,11-17H2,1H3. The van der Waals surface area contributed by atoms with Crippen molar-refractivity contribution >= 4 is 16.9 Å². The maximum Gasteiger partial charge on any atom is 0.233 e. The van der Waals surface area contributed by atoms with E-state index < -0.39 is 5.41 Å². The molecule has 5 nitrogen and oxygen atoms in total. The average molecular weight is 389 g/mol. The lowest BCUT2D eigenvalue weighted by molar-refractivity contribution is -0.140. The summed E-state index contributed by atoms with van der Waals surface area (Å²) in [5.74, 6) is 1.28. The summed E-state index contributed by atoms with van der Waals surface area (Å²) < 4.78 is 7.94. The number of amides is 1. The summed E-state index contributed by atoms with van der Waals surface area (Å²) in [6.45, 7) is 4.89. The van der Waals surface area contributed by atoms with Gasteiger partial charge in [-0.25, -0.2) is 4.98 Å². The SMILES string of the molecule is Cc1nc2ccccc2n1C1CCN(C(=O)C2(c3ccccc3)CCOCC2)C1. The molecule has 2 saturated heterocycles. The molecular formula is C24H27N3O2. The van der Waals surface area contributed by atoms with Crippen molar-refractivity contribution in [1.82, 2.24) is 14.5 Å². The largest absolute Gasteiger partial charge is 0.381 e. The number of carbonyl (C=O) groups is 1. The fourth-order valence-corrected chi connectivity index (χ4v) is 5.17. The first-order valence-corrected chi connectivity index (χ1v) is 10.6. The van der Waals surface area contributed by atoms with Gasteiger partial charge in [-0.2, -0.15) is 0 Å². The van der Waals surface area contributed by atoms with E-state index in [4.69, 9.17) is 9.72 Å². The highest BCUT2D eigenvalue weighted by atomic mass is 16.5. The lowest BCUT2D eigenvalue weighted by Crippen LogP contribution is -2.49. The van der Waals surface area contributed by atoms with Crippen LogP contribution in [0.25, 0.3) is 11.0 Å². The van der Waals surface area contributed by atoms with E-state index in [-0.39, 0.29) is 11.9 Å². The van der Waals surface area contributed by atoms with Crippen LogP contribution in [0.1, 0.15) is 36.7 Å². The third-order valence-electron chi connectivity index (χ3n) is 6.67. The monoisotopic (exact) mass is 389 g/mol. The third kappa shape index (κ3) is 3.04. The van der Waals surface area contributed by atoms with E-state index >= 15 is 0 Å². The van der Waals surface area contributed by atoms with Gasteiger partial charge in [-0.05, 0) is 43.9 Å². The van der Waals surface area contributed by atoms with Crippen LogP contribution in [0.4, 0.5) is 0 Å². The van der Waals surface area contributed by atoms with Crippen LogP contribution in [-0.4, -0.2) is 46.7 Å². The zero-order valence-electron chi connectivity index (χ0n) is 16.9. The molecule has 0 spiro atoms. The van der Waals surface area contributed by atoms with E-state index in [1.54, 1.807) is 0 Å². The normalized spacial score (nSPS) is 21.6. The number of aryl methyl sites for hydroxylation is 1. The molecule has 1 aromatic heterocycles. The van der Waals surface area contributed by atoms with Crippen LogP contribution in [0.15, 0.2) is 54.6 Å². The van der Waals surface area contributed by atoms with Crippen LogP contribution >= 0.6 is 0 Å². The summed E-state index contributed by atoms with van der Waals surface area (Å²) in [6, 6.07) is 18.8. The van der Waals surface area contributed by atoms with E-state index in [1.165, 1.54) is 0 Å². The lowest BCUT2D eigenvalue weighted by atomic mass is 9.73. The number of hydrogen-bond donors (Lipinski definition) is 0. The quantitative estimate of drug-likeness (QED) is 0.683. The number of rotatable bonds is 3. The Bertz CT molecular complexity index is 1020. The van der Waals surface area contributed by atoms with Crippen molar-refractivity contribution in [3.8, 4) is 0 Å². The van der Waals surface area contributed by atoms with Gasteiger partial charge in [0.25, 0.3) is 0 Å². The molecule has 0 aliphatic carbocycles. The lowest BCUT2D eigenvalue weighted by Gasteiger charge is -2.39. The molecule has 29 heavy (non-hydrogen) atoms. The van der Waals surface area contributed by atoms with Crippen LogP contribution < -0.4 is 0 Å². The van der Waals surface area contributed by atoms with Gasteiger partial charge >= 0.3 is 0 Å². The molecule has 1 amide bonds. The molecule has 2 aromatic carbocycles. The van der Waals surface area contributed by atoms with Crippen molar-refractivity contribution in [1.29, 1.82) is 0 Å². The van der Waals surface area contributed by atoms with Crippen molar-refractivity contribution in [2.45, 2.75) is 37.6 Å². The highest BCUT2D eigenvalue weighted by Gasteiger charge is 2.45. The molecular weight excluding hydrogens is 362 g/mol. The average Bonchev–Trinajstić information content (AvgIpc) is 3.37. The minimum absolute atomic E-state index is 0.261. The fraction of sp³-hybridized carbons (Fsp3) is 0.417. The highest BCUT2D eigenvalue weighted by molar-refractivity contribution is 5.89. The molecule has 3 heterocycles. The van der Waals surface area contributed by atoms with Crippen molar-refractivity contribution in [3.63, 3.8) is 0 Å². The second kappa shape index (κ2) is 7.30. The van der Waals surface area contributed by atoms with Gasteiger partial charge in [-0.1, -0.05) is 42.5 Å². The zero-order chi connectivity index (χ0) is 19.8. The van der Waals surface area contributed by atoms with Gasteiger partial charge in [0.1, 0.15) is 5.82 Å². The Kier molecular flexibility index (Phi) is 4.63. The van der Waals surface area contributed by atoms with E-state index in [2.05, 4.69) is 46.7 Å². The Morgan fingerprint density at radius 2 is 1.79 bits per heavy atom. The maximum atomic E-state index is 13.8. The molecule has 5 heteroatoms. The van der Waals surface area contributed by atoms with Crippen molar-refractivity contribution in [2.75, 3.05) is 26.3 Å². The molecule has 1 unspecified atom stereocenters. The van der Waals surface area contributed by atoms with Gasteiger partial charge in [-0.3, -0.25) is 4.79 Å². The smallest absolute Gasteiger partial charge is 0.233 e. The Morgan fingerprint density at radius 3 is 2.59 bits per heavy atom. The van der Waals surface area contributed by atoms with Gasteiger partial charge in [0.2, 0.25) is 5.91 Å². The first kappa shape index (κ1) is 18.4. The van der Waals surface area contributed by atoms with Gasteiger partial charge in [0.15, 0.2) is 0 Å². The van der Waals surface area contributed by atoms with Crippen molar-refractivity contribution in [2.24, 2.45) is 0 Å².